The molecule has 0 radical (unpaired) electrons. The van der Waals surface area contributed by atoms with Gasteiger partial charge < -0.3 is 9.47 Å². The molecule has 2 nitrogen and oxygen atoms in total. The molecule has 0 aromatic rings. The summed E-state index contributed by atoms with van der Waals surface area (Å²) in [6.45, 7) is 8.58. The number of hydrogen-bond acceptors (Lipinski definition) is 2. The van der Waals surface area contributed by atoms with E-state index < -0.39 is 0 Å². The summed E-state index contributed by atoms with van der Waals surface area (Å²) in [7, 11) is 0. The summed E-state index contributed by atoms with van der Waals surface area (Å²) in [5.74, 6) is 0. The van der Waals surface area contributed by atoms with Crippen LogP contribution in [-0.4, -0.2) is 26.4 Å². The first-order valence-corrected chi connectivity index (χ1v) is 15.1. The van der Waals surface area contributed by atoms with Crippen LogP contribution >= 0.6 is 0 Å². The standard InChI is InChI=1S/C28H58O.C2H4O/c1-3-5-7-9-11-13-15-17-19-21-23-25-27-29-28-26-24-22-20-18-16-14-12-10-8-6-4-2;1-2-3-1/h3-28H2,1-2H3;1-2H2. The van der Waals surface area contributed by atoms with Crippen molar-refractivity contribution in [3.05, 3.63) is 0 Å². The lowest BCUT2D eigenvalue weighted by Crippen LogP contribution is -1.97. The Balaban J connectivity index is 0.00000293. The smallest absolute Gasteiger partial charge is 0.0701 e. The minimum atomic E-state index is 0.995. The Morgan fingerprint density at radius 2 is 0.594 bits per heavy atom. The maximum Gasteiger partial charge on any atom is 0.0701 e. The molecule has 0 atom stereocenters. The van der Waals surface area contributed by atoms with Crippen molar-refractivity contribution in [2.24, 2.45) is 0 Å². The predicted octanol–water partition coefficient (Wildman–Crippen LogP) is 10.4. The SMILES string of the molecule is C1CO1.CCCCCCCCCCCCCCOCCCCCCCCCCCCCC. The molecule has 1 heterocycles. The predicted molar refractivity (Wildman–Crippen MR) is 144 cm³/mol. The van der Waals surface area contributed by atoms with Gasteiger partial charge >= 0.3 is 0 Å². The highest BCUT2D eigenvalue weighted by Gasteiger charge is 1.96. The molecule has 0 amide bonds. The largest absolute Gasteiger partial charge is 0.381 e. The number of epoxide rings is 1. The van der Waals surface area contributed by atoms with Crippen LogP contribution in [0, 0.1) is 0 Å². The van der Waals surface area contributed by atoms with Crippen molar-refractivity contribution in [1.82, 2.24) is 0 Å². The Morgan fingerprint density at radius 1 is 0.375 bits per heavy atom. The first kappa shape index (κ1) is 31.9. The lowest BCUT2D eigenvalue weighted by atomic mass is 10.1. The fourth-order valence-electron chi connectivity index (χ4n) is 4.19. The Labute approximate surface area is 204 Å². The number of ether oxygens (including phenoxy) is 2. The minimum Gasteiger partial charge on any atom is -0.381 e. The molecule has 1 saturated heterocycles. The average Bonchev–Trinajstić information content (AvgIpc) is 3.69. The monoisotopic (exact) mass is 454 g/mol. The summed E-state index contributed by atoms with van der Waals surface area (Å²) in [6, 6.07) is 0. The molecular weight excluding hydrogens is 392 g/mol. The van der Waals surface area contributed by atoms with Crippen LogP contribution in [0.15, 0.2) is 0 Å². The van der Waals surface area contributed by atoms with Crippen LogP contribution in [0.2, 0.25) is 0 Å². The van der Waals surface area contributed by atoms with Gasteiger partial charge in [0.1, 0.15) is 0 Å². The maximum atomic E-state index is 5.82. The van der Waals surface area contributed by atoms with Gasteiger partial charge in [-0.3, -0.25) is 0 Å². The molecule has 2 heteroatoms. The van der Waals surface area contributed by atoms with E-state index in [9.17, 15) is 0 Å². The van der Waals surface area contributed by atoms with Gasteiger partial charge in [0.05, 0.1) is 13.2 Å². The van der Waals surface area contributed by atoms with Crippen molar-refractivity contribution in [3.8, 4) is 0 Å². The number of rotatable bonds is 26. The van der Waals surface area contributed by atoms with Gasteiger partial charge in [-0.15, -0.1) is 0 Å². The molecule has 0 N–H and O–H groups in total. The maximum absolute atomic E-state index is 5.82. The first-order valence-electron chi connectivity index (χ1n) is 15.1. The van der Waals surface area contributed by atoms with E-state index in [0.29, 0.717) is 0 Å². The van der Waals surface area contributed by atoms with Gasteiger partial charge in [0.25, 0.3) is 0 Å². The van der Waals surface area contributed by atoms with Crippen LogP contribution in [-0.2, 0) is 9.47 Å². The zero-order valence-electron chi connectivity index (χ0n) is 22.6. The van der Waals surface area contributed by atoms with E-state index in [0.717, 1.165) is 26.4 Å². The third kappa shape index (κ3) is 34.5. The van der Waals surface area contributed by atoms with Crippen molar-refractivity contribution in [1.29, 1.82) is 0 Å². The summed E-state index contributed by atoms with van der Waals surface area (Å²) in [6.07, 6.45) is 34.1. The van der Waals surface area contributed by atoms with Gasteiger partial charge in [0.2, 0.25) is 0 Å². The van der Waals surface area contributed by atoms with Gasteiger partial charge in [0.15, 0.2) is 0 Å². The average molecular weight is 455 g/mol. The highest BCUT2D eigenvalue weighted by atomic mass is 16.6. The van der Waals surface area contributed by atoms with Crippen molar-refractivity contribution < 1.29 is 9.47 Å². The molecule has 0 aromatic heterocycles. The van der Waals surface area contributed by atoms with Crippen LogP contribution in [0.25, 0.3) is 0 Å². The van der Waals surface area contributed by atoms with Crippen LogP contribution in [0.5, 0.6) is 0 Å². The van der Waals surface area contributed by atoms with Crippen LogP contribution in [0.1, 0.15) is 168 Å². The lowest BCUT2D eigenvalue weighted by molar-refractivity contribution is 0.125. The van der Waals surface area contributed by atoms with Crippen LogP contribution in [0.3, 0.4) is 0 Å². The second-order valence-corrected chi connectivity index (χ2v) is 10.0. The molecule has 0 aliphatic carbocycles. The zero-order chi connectivity index (χ0) is 23.2. The molecule has 1 aliphatic heterocycles. The number of unbranched alkanes of at least 4 members (excludes halogenated alkanes) is 22. The van der Waals surface area contributed by atoms with Crippen molar-refractivity contribution in [3.63, 3.8) is 0 Å². The van der Waals surface area contributed by atoms with Gasteiger partial charge in [-0.2, -0.15) is 0 Å². The van der Waals surface area contributed by atoms with E-state index in [1.165, 1.54) is 154 Å². The molecule has 0 bridgehead atoms. The molecule has 1 aliphatic rings. The Bertz CT molecular complexity index is 274. The Hall–Kier alpha value is -0.0800. The van der Waals surface area contributed by atoms with E-state index in [1.54, 1.807) is 0 Å². The molecule has 32 heavy (non-hydrogen) atoms. The molecule has 0 aromatic carbocycles. The molecule has 0 spiro atoms. The Morgan fingerprint density at radius 3 is 0.812 bits per heavy atom. The van der Waals surface area contributed by atoms with E-state index in [2.05, 4.69) is 18.6 Å². The summed E-state index contributed by atoms with van der Waals surface area (Å²) in [5, 5.41) is 0. The van der Waals surface area contributed by atoms with Gasteiger partial charge in [-0.25, -0.2) is 0 Å². The molecule has 0 saturated carbocycles. The summed E-state index contributed by atoms with van der Waals surface area (Å²) < 4.78 is 10.3. The summed E-state index contributed by atoms with van der Waals surface area (Å²) >= 11 is 0. The van der Waals surface area contributed by atoms with E-state index >= 15 is 0 Å². The van der Waals surface area contributed by atoms with Gasteiger partial charge in [0, 0.05) is 13.2 Å². The molecule has 0 unspecified atom stereocenters. The van der Waals surface area contributed by atoms with Crippen molar-refractivity contribution >= 4 is 0 Å². The second-order valence-electron chi connectivity index (χ2n) is 10.0. The number of hydrogen-bond donors (Lipinski definition) is 0. The molecule has 1 rings (SSSR count). The van der Waals surface area contributed by atoms with E-state index in [1.807, 2.05) is 0 Å². The van der Waals surface area contributed by atoms with Gasteiger partial charge in [-0.1, -0.05) is 155 Å². The van der Waals surface area contributed by atoms with Crippen LogP contribution in [0.4, 0.5) is 0 Å². The topological polar surface area (TPSA) is 21.8 Å². The Kier molecular flexibility index (Phi) is 30.8. The van der Waals surface area contributed by atoms with Gasteiger partial charge in [-0.05, 0) is 12.8 Å². The normalized spacial score (nSPS) is 12.6. The molecule has 194 valence electrons. The molecular formula is C30H62O2. The summed E-state index contributed by atoms with van der Waals surface area (Å²) in [5.41, 5.74) is 0. The highest BCUT2D eigenvalue weighted by molar-refractivity contribution is 4.50. The van der Waals surface area contributed by atoms with Crippen molar-refractivity contribution in [2.75, 3.05) is 26.4 Å². The fraction of sp³-hybridized carbons (Fsp3) is 1.00. The third-order valence-corrected chi connectivity index (χ3v) is 6.49. The van der Waals surface area contributed by atoms with Crippen LogP contribution < -0.4 is 0 Å². The molecule has 1 fully saturated rings. The minimum absolute atomic E-state index is 0.995. The van der Waals surface area contributed by atoms with Crippen molar-refractivity contribution in [2.45, 2.75) is 168 Å². The highest BCUT2D eigenvalue weighted by Crippen LogP contribution is 2.13. The zero-order valence-corrected chi connectivity index (χ0v) is 22.6. The van der Waals surface area contributed by atoms with E-state index in [4.69, 9.17) is 4.74 Å². The third-order valence-electron chi connectivity index (χ3n) is 6.49. The first-order chi connectivity index (χ1) is 15.9. The van der Waals surface area contributed by atoms with E-state index in [-0.39, 0.29) is 0 Å². The summed E-state index contributed by atoms with van der Waals surface area (Å²) in [4.78, 5) is 0. The quantitative estimate of drug-likeness (QED) is 0.0957. The second kappa shape index (κ2) is 30.9. The lowest BCUT2D eigenvalue weighted by Gasteiger charge is -2.05. The fourth-order valence-corrected chi connectivity index (χ4v) is 4.19.